The smallest absolute Gasteiger partial charge is 0.308 e. The van der Waals surface area contributed by atoms with Gasteiger partial charge in [-0.1, -0.05) is 12.1 Å². The molecule has 1 amide bonds. The molecule has 21 heavy (non-hydrogen) atoms. The molecular formula is C15H16N2O3S. The fourth-order valence-electron chi connectivity index (χ4n) is 2.59. The summed E-state index contributed by atoms with van der Waals surface area (Å²) in [4.78, 5) is 29.2. The average Bonchev–Trinajstić information content (AvgIpc) is 3.11. The highest BCUT2D eigenvalue weighted by Crippen LogP contribution is 2.23. The molecule has 0 spiro atoms. The second-order valence-electron chi connectivity index (χ2n) is 5.24. The second-order valence-corrected chi connectivity index (χ2v) is 6.35. The number of carboxylic acids is 1. The van der Waals surface area contributed by atoms with Crippen molar-refractivity contribution >= 4 is 33.4 Å². The molecule has 2 heterocycles. The van der Waals surface area contributed by atoms with E-state index in [-0.39, 0.29) is 5.91 Å². The Labute approximate surface area is 126 Å². The topological polar surface area (TPSA) is 70.5 Å². The van der Waals surface area contributed by atoms with E-state index in [1.165, 1.54) is 0 Å². The van der Waals surface area contributed by atoms with Gasteiger partial charge in [-0.2, -0.15) is 0 Å². The van der Waals surface area contributed by atoms with Crippen molar-refractivity contribution in [3.05, 3.63) is 29.3 Å². The lowest BCUT2D eigenvalue weighted by molar-refractivity contribution is -0.141. The Balaban J connectivity index is 1.57. The molecule has 1 fully saturated rings. The molecule has 6 heteroatoms. The summed E-state index contributed by atoms with van der Waals surface area (Å²) < 4.78 is 1.13. The van der Waals surface area contributed by atoms with Crippen molar-refractivity contribution < 1.29 is 14.7 Å². The van der Waals surface area contributed by atoms with Gasteiger partial charge in [-0.3, -0.25) is 9.59 Å². The van der Waals surface area contributed by atoms with E-state index < -0.39 is 11.9 Å². The Morgan fingerprint density at radius 1 is 1.38 bits per heavy atom. The standard InChI is InChI=1S/C15H16N2O3S/c18-14(17-8-7-10(9-17)15(19)20)6-5-13-16-11-3-1-2-4-12(11)21-13/h1-4,10H,5-9H2,(H,19,20). The molecule has 2 aromatic rings. The van der Waals surface area contributed by atoms with E-state index in [1.54, 1.807) is 16.2 Å². The first-order chi connectivity index (χ1) is 10.1. The van der Waals surface area contributed by atoms with Crippen LogP contribution < -0.4 is 0 Å². The van der Waals surface area contributed by atoms with Gasteiger partial charge < -0.3 is 10.0 Å². The lowest BCUT2D eigenvalue weighted by Gasteiger charge is -2.15. The Morgan fingerprint density at radius 2 is 2.19 bits per heavy atom. The van der Waals surface area contributed by atoms with E-state index in [9.17, 15) is 9.59 Å². The van der Waals surface area contributed by atoms with Gasteiger partial charge in [-0.25, -0.2) is 4.98 Å². The minimum absolute atomic E-state index is 0.0259. The Morgan fingerprint density at radius 3 is 2.90 bits per heavy atom. The highest BCUT2D eigenvalue weighted by Gasteiger charge is 2.30. The van der Waals surface area contributed by atoms with Crippen LogP contribution in [-0.2, 0) is 16.0 Å². The number of carbonyl (C=O) groups is 2. The second kappa shape index (κ2) is 5.81. The molecule has 0 aliphatic carbocycles. The minimum Gasteiger partial charge on any atom is -0.481 e. The summed E-state index contributed by atoms with van der Waals surface area (Å²) in [6.45, 7) is 0.893. The van der Waals surface area contributed by atoms with Crippen LogP contribution in [0.15, 0.2) is 24.3 Å². The predicted molar refractivity (Wildman–Crippen MR) is 80.3 cm³/mol. The number of nitrogens with zero attached hydrogens (tertiary/aromatic N) is 2. The summed E-state index contributed by atoms with van der Waals surface area (Å²) in [5, 5.41) is 9.91. The van der Waals surface area contributed by atoms with Gasteiger partial charge in [0.2, 0.25) is 5.91 Å². The predicted octanol–water partition coefficient (Wildman–Crippen LogP) is 2.16. The van der Waals surface area contributed by atoms with E-state index in [2.05, 4.69) is 4.98 Å². The number of rotatable bonds is 4. The van der Waals surface area contributed by atoms with Crippen LogP contribution in [0.5, 0.6) is 0 Å². The van der Waals surface area contributed by atoms with Gasteiger partial charge in [0.1, 0.15) is 0 Å². The van der Waals surface area contributed by atoms with Crippen LogP contribution in [0.4, 0.5) is 0 Å². The lowest BCUT2D eigenvalue weighted by Crippen LogP contribution is -2.30. The van der Waals surface area contributed by atoms with Crippen LogP contribution in [0.3, 0.4) is 0 Å². The normalized spacial score (nSPS) is 18.3. The largest absolute Gasteiger partial charge is 0.481 e. The molecule has 1 N–H and O–H groups in total. The zero-order valence-corrected chi connectivity index (χ0v) is 12.3. The molecule has 1 aromatic heterocycles. The van der Waals surface area contributed by atoms with E-state index in [0.717, 1.165) is 15.2 Å². The number of para-hydroxylation sites is 1. The number of likely N-dealkylation sites (tertiary alicyclic amines) is 1. The van der Waals surface area contributed by atoms with Crippen LogP contribution in [0.25, 0.3) is 10.2 Å². The van der Waals surface area contributed by atoms with Crippen molar-refractivity contribution in [3.63, 3.8) is 0 Å². The van der Waals surface area contributed by atoms with Crippen LogP contribution in [-0.4, -0.2) is 40.0 Å². The zero-order chi connectivity index (χ0) is 14.8. The van der Waals surface area contributed by atoms with Gasteiger partial charge in [-0.15, -0.1) is 11.3 Å². The fraction of sp³-hybridized carbons (Fsp3) is 0.400. The fourth-order valence-corrected chi connectivity index (χ4v) is 3.55. The third kappa shape index (κ3) is 3.05. The maximum atomic E-state index is 12.1. The lowest BCUT2D eigenvalue weighted by atomic mass is 10.1. The van der Waals surface area contributed by atoms with Crippen molar-refractivity contribution in [3.8, 4) is 0 Å². The Hall–Kier alpha value is -1.95. The first-order valence-corrected chi connectivity index (χ1v) is 7.80. The van der Waals surface area contributed by atoms with Gasteiger partial charge in [0.05, 0.1) is 21.1 Å². The molecule has 1 saturated heterocycles. The molecule has 0 radical (unpaired) electrons. The summed E-state index contributed by atoms with van der Waals surface area (Å²) in [6, 6.07) is 7.92. The third-order valence-corrected chi connectivity index (χ3v) is 4.88. The average molecular weight is 304 g/mol. The molecule has 3 rings (SSSR count). The van der Waals surface area contributed by atoms with Crippen molar-refractivity contribution in [1.82, 2.24) is 9.88 Å². The van der Waals surface area contributed by atoms with E-state index in [1.807, 2.05) is 24.3 Å². The number of thiazole rings is 1. The highest BCUT2D eigenvalue weighted by molar-refractivity contribution is 7.18. The molecule has 1 aromatic carbocycles. The van der Waals surface area contributed by atoms with E-state index in [4.69, 9.17) is 5.11 Å². The van der Waals surface area contributed by atoms with Crippen molar-refractivity contribution in [2.75, 3.05) is 13.1 Å². The molecule has 5 nitrogen and oxygen atoms in total. The molecule has 1 atom stereocenters. The van der Waals surface area contributed by atoms with Crippen LogP contribution in [0, 0.1) is 5.92 Å². The van der Waals surface area contributed by atoms with Crippen LogP contribution in [0.1, 0.15) is 17.8 Å². The Bertz CT molecular complexity index is 649. The molecule has 0 bridgehead atoms. The monoisotopic (exact) mass is 304 g/mol. The number of fused-ring (bicyclic) bond motifs is 1. The van der Waals surface area contributed by atoms with Gasteiger partial charge in [0.15, 0.2) is 0 Å². The van der Waals surface area contributed by atoms with Gasteiger partial charge in [0.25, 0.3) is 0 Å². The molecular weight excluding hydrogens is 288 g/mol. The molecule has 110 valence electrons. The summed E-state index contributed by atoms with van der Waals surface area (Å²) >= 11 is 1.61. The van der Waals surface area contributed by atoms with Crippen LogP contribution in [0.2, 0.25) is 0 Å². The number of carbonyl (C=O) groups excluding carboxylic acids is 1. The zero-order valence-electron chi connectivity index (χ0n) is 11.5. The number of amides is 1. The summed E-state index contributed by atoms with van der Waals surface area (Å²) in [6.07, 6.45) is 1.57. The molecule has 1 aliphatic heterocycles. The molecule has 0 saturated carbocycles. The van der Waals surface area contributed by atoms with Crippen molar-refractivity contribution in [2.24, 2.45) is 5.92 Å². The maximum Gasteiger partial charge on any atom is 0.308 e. The highest BCUT2D eigenvalue weighted by atomic mass is 32.1. The van der Waals surface area contributed by atoms with Gasteiger partial charge in [-0.05, 0) is 18.6 Å². The first-order valence-electron chi connectivity index (χ1n) is 6.98. The number of hydrogen-bond donors (Lipinski definition) is 1. The summed E-state index contributed by atoms with van der Waals surface area (Å²) in [7, 11) is 0. The number of carboxylic acid groups (broad SMARTS) is 1. The summed E-state index contributed by atoms with van der Waals surface area (Å²) in [5.41, 5.74) is 0.970. The Kier molecular flexibility index (Phi) is 3.88. The number of aryl methyl sites for hydroxylation is 1. The maximum absolute atomic E-state index is 12.1. The van der Waals surface area contributed by atoms with E-state index >= 15 is 0 Å². The number of aromatic nitrogens is 1. The third-order valence-electron chi connectivity index (χ3n) is 3.78. The van der Waals surface area contributed by atoms with Crippen molar-refractivity contribution in [1.29, 1.82) is 0 Å². The van der Waals surface area contributed by atoms with E-state index in [0.29, 0.717) is 32.4 Å². The van der Waals surface area contributed by atoms with Crippen LogP contribution >= 0.6 is 11.3 Å². The minimum atomic E-state index is -0.809. The molecule has 1 aliphatic rings. The summed E-state index contributed by atoms with van der Waals surface area (Å²) in [5.74, 6) is -1.19. The number of aliphatic carboxylic acids is 1. The van der Waals surface area contributed by atoms with Gasteiger partial charge >= 0.3 is 5.97 Å². The molecule has 1 unspecified atom stereocenters. The quantitative estimate of drug-likeness (QED) is 0.939. The first kappa shape index (κ1) is 14.0. The van der Waals surface area contributed by atoms with Gasteiger partial charge in [0, 0.05) is 25.9 Å². The van der Waals surface area contributed by atoms with Crippen molar-refractivity contribution in [2.45, 2.75) is 19.3 Å². The SMILES string of the molecule is O=C(O)C1CCN(C(=O)CCc2nc3ccccc3s2)C1. The number of benzene rings is 1. The number of hydrogen-bond acceptors (Lipinski definition) is 4.